The quantitative estimate of drug-likeness (QED) is 0.670. The molecule has 0 unspecified atom stereocenters. The maximum absolute atomic E-state index is 2.70. The average Bonchev–Trinajstić information content (AvgIpc) is 2.26. The van der Waals surface area contributed by atoms with Crippen LogP contribution in [0.25, 0.3) is 0 Å². The summed E-state index contributed by atoms with van der Waals surface area (Å²) in [6.45, 7) is 7.76. The van der Waals surface area contributed by atoms with E-state index in [1.807, 2.05) is 0 Å². The zero-order valence-corrected chi connectivity index (χ0v) is 12.0. The molecule has 0 aromatic heterocycles. The zero-order chi connectivity index (χ0) is 10.2. The van der Waals surface area contributed by atoms with Gasteiger partial charge in [-0.1, -0.05) is 0 Å². The van der Waals surface area contributed by atoms with Crippen LogP contribution in [0.2, 0.25) is 17.8 Å². The van der Waals surface area contributed by atoms with Crippen molar-refractivity contribution in [3.63, 3.8) is 0 Å². The van der Waals surface area contributed by atoms with Crippen LogP contribution in [0.15, 0.2) is 9.88 Å². The van der Waals surface area contributed by atoms with Crippen molar-refractivity contribution in [3.05, 3.63) is 9.88 Å². The molecule has 0 aromatic carbocycles. The first-order chi connectivity index (χ1) is 5.96. The number of allylic oxidation sites excluding steroid dienone is 2. The third-order valence-electron chi connectivity index (χ3n) is 3.92. The molecule has 0 atom stereocenters. The van der Waals surface area contributed by atoms with Gasteiger partial charge in [-0.25, -0.2) is 0 Å². The Kier molecular flexibility index (Phi) is 3.34. The molecule has 0 amide bonds. The number of hydrogen-bond donors (Lipinski definition) is 0. The van der Waals surface area contributed by atoms with E-state index in [-0.39, 0.29) is 0 Å². The van der Waals surface area contributed by atoms with Crippen molar-refractivity contribution in [1.29, 1.82) is 0 Å². The van der Waals surface area contributed by atoms with Gasteiger partial charge in [0.15, 0.2) is 0 Å². The van der Waals surface area contributed by atoms with Gasteiger partial charge in [-0.3, -0.25) is 0 Å². The van der Waals surface area contributed by atoms with Gasteiger partial charge in [0, 0.05) is 0 Å². The van der Waals surface area contributed by atoms with Crippen molar-refractivity contribution in [3.8, 4) is 0 Å². The first-order valence-corrected chi connectivity index (χ1v) is 11.6. The molecule has 1 aliphatic rings. The Morgan fingerprint density at radius 2 is 1.85 bits per heavy atom. The van der Waals surface area contributed by atoms with Crippen molar-refractivity contribution in [2.24, 2.45) is 0 Å². The number of hydrogen-bond acceptors (Lipinski definition) is 1. The first kappa shape index (κ1) is 11.4. The van der Waals surface area contributed by atoms with Crippen LogP contribution in [0, 0.1) is 0 Å². The average molecular weight is 240 g/mol. The summed E-state index contributed by atoms with van der Waals surface area (Å²) in [7, 11) is 2.33. The molecule has 1 nitrogen and oxygen atoms in total. The third kappa shape index (κ3) is 1.63. The van der Waals surface area contributed by atoms with E-state index < -0.39 is 13.5 Å². The maximum atomic E-state index is 2.70. The van der Waals surface area contributed by atoms with Crippen molar-refractivity contribution in [1.82, 2.24) is 3.77 Å². The number of nitrogens with zero attached hydrogens (tertiary/aromatic N) is 1. The van der Waals surface area contributed by atoms with Crippen LogP contribution in [-0.2, 0) is 0 Å². The van der Waals surface area contributed by atoms with Crippen LogP contribution in [0.1, 0.15) is 27.2 Å². The van der Waals surface area contributed by atoms with Gasteiger partial charge in [0.1, 0.15) is 0 Å². The van der Waals surface area contributed by atoms with Crippen molar-refractivity contribution in [2.75, 3.05) is 7.05 Å². The molecule has 3 heteroatoms. The molecule has 1 heterocycles. The van der Waals surface area contributed by atoms with E-state index in [4.69, 9.17) is 0 Å². The van der Waals surface area contributed by atoms with Gasteiger partial charge in [0.25, 0.3) is 0 Å². The summed E-state index contributed by atoms with van der Waals surface area (Å²) in [5.41, 5.74) is 1.75. The Hall–Kier alpha value is 0.308. The third-order valence-corrected chi connectivity index (χ3v) is 12.8. The Morgan fingerprint density at radius 3 is 2.15 bits per heavy atom. The van der Waals surface area contributed by atoms with Gasteiger partial charge in [0.05, 0.1) is 0 Å². The topological polar surface area (TPSA) is 3.24 Å². The Labute approximate surface area is 86.3 Å². The summed E-state index contributed by atoms with van der Waals surface area (Å²) in [4.78, 5) is 0. The summed E-state index contributed by atoms with van der Waals surface area (Å²) < 4.78 is 4.48. The van der Waals surface area contributed by atoms with Crippen LogP contribution < -0.4 is 0 Å². The molecule has 1 rings (SSSR count). The number of rotatable bonds is 2. The van der Waals surface area contributed by atoms with Crippen molar-refractivity contribution >= 4 is 20.3 Å². The molecule has 0 radical (unpaired) electrons. The summed E-state index contributed by atoms with van der Waals surface area (Å²) in [6, 6.07) is 0. The molecule has 0 N–H and O–H groups in total. The predicted molar refractivity (Wildman–Crippen MR) is 64.5 cm³/mol. The summed E-state index contributed by atoms with van der Waals surface area (Å²) in [6.07, 6.45) is 2.54. The predicted octanol–water partition coefficient (Wildman–Crippen LogP) is 2.95. The second-order valence-electron chi connectivity index (χ2n) is 4.60. The van der Waals surface area contributed by atoms with Gasteiger partial charge >= 0.3 is 86.1 Å². The molecular formula is C10H22BGeN. The first-order valence-electron chi connectivity index (χ1n) is 5.39. The second-order valence-corrected chi connectivity index (χ2v) is 14.2. The van der Waals surface area contributed by atoms with Crippen LogP contribution >= 0.6 is 0 Å². The Morgan fingerprint density at radius 1 is 1.31 bits per heavy atom. The van der Waals surface area contributed by atoms with Crippen LogP contribution in [-0.4, -0.2) is 31.2 Å². The minimum absolute atomic E-state index is 0.764. The van der Waals surface area contributed by atoms with E-state index in [0.717, 1.165) is 6.85 Å². The van der Waals surface area contributed by atoms with Gasteiger partial charge in [-0.15, -0.1) is 0 Å². The van der Waals surface area contributed by atoms with Crippen LogP contribution in [0.5, 0.6) is 0 Å². The van der Waals surface area contributed by atoms with Crippen molar-refractivity contribution < 1.29 is 0 Å². The molecule has 0 fully saturated rings. The van der Waals surface area contributed by atoms with Gasteiger partial charge in [-0.05, 0) is 0 Å². The SMILES string of the molecule is CCB1C(CC)=[C](C)[Ge]([CH3])([CH3])[N]1C. The van der Waals surface area contributed by atoms with E-state index in [1.54, 1.807) is 9.88 Å². The molecule has 0 spiro atoms. The summed E-state index contributed by atoms with van der Waals surface area (Å²) >= 11 is -1.72. The van der Waals surface area contributed by atoms with E-state index in [9.17, 15) is 0 Å². The van der Waals surface area contributed by atoms with E-state index in [0.29, 0.717) is 0 Å². The van der Waals surface area contributed by atoms with Gasteiger partial charge in [-0.2, -0.15) is 0 Å². The molecule has 0 bridgehead atoms. The van der Waals surface area contributed by atoms with Crippen LogP contribution in [0.4, 0.5) is 0 Å². The Bertz CT molecular complexity index is 235. The zero-order valence-electron chi connectivity index (χ0n) is 9.94. The fourth-order valence-corrected chi connectivity index (χ4v) is 8.38. The van der Waals surface area contributed by atoms with Gasteiger partial charge < -0.3 is 0 Å². The Balaban J connectivity index is 3.06. The molecule has 0 saturated carbocycles. The molecular weight excluding hydrogens is 218 g/mol. The van der Waals surface area contributed by atoms with Gasteiger partial charge in [0.2, 0.25) is 0 Å². The summed E-state index contributed by atoms with van der Waals surface area (Å²) in [5.74, 6) is 5.03. The molecule has 13 heavy (non-hydrogen) atoms. The minimum atomic E-state index is -1.72. The standard InChI is InChI=1S/C10H22BGeN/c1-7-10-9(3)12(4,5)13(6)11(10)8-2/h7-8H2,1-6H3. The molecule has 0 aromatic rings. The van der Waals surface area contributed by atoms with E-state index in [1.165, 1.54) is 12.7 Å². The molecule has 0 aliphatic carbocycles. The van der Waals surface area contributed by atoms with Crippen LogP contribution in [0.3, 0.4) is 0 Å². The molecule has 1 aliphatic heterocycles. The fourth-order valence-electron chi connectivity index (χ4n) is 2.55. The van der Waals surface area contributed by atoms with E-state index in [2.05, 4.69) is 43.1 Å². The fraction of sp³-hybridized carbons (Fsp3) is 0.800. The van der Waals surface area contributed by atoms with Crippen molar-refractivity contribution in [2.45, 2.75) is 45.0 Å². The van der Waals surface area contributed by atoms with E-state index >= 15 is 0 Å². The molecule has 0 saturated heterocycles. The monoisotopic (exact) mass is 241 g/mol. The summed E-state index contributed by atoms with van der Waals surface area (Å²) in [5, 5.41) is 0. The normalized spacial score (nSPS) is 23.1. The second kappa shape index (κ2) is 3.82. The molecule has 74 valence electrons.